The molecule has 0 bridgehead atoms. The number of benzene rings is 2. The van der Waals surface area contributed by atoms with Gasteiger partial charge < -0.3 is 10.1 Å². The van der Waals surface area contributed by atoms with Gasteiger partial charge in [-0.05, 0) is 36.2 Å². The van der Waals surface area contributed by atoms with Gasteiger partial charge in [0, 0.05) is 23.6 Å². The Morgan fingerprint density at radius 3 is 2.71 bits per heavy atom. The van der Waals surface area contributed by atoms with Crippen LogP contribution in [0.25, 0.3) is 11.1 Å². The van der Waals surface area contributed by atoms with Gasteiger partial charge in [0.1, 0.15) is 24.0 Å². The normalized spacial score (nSPS) is 13.8. The standard InChI is InChI=1S/C27H25FN4O2/c1-17-8-10-21(15-29-17)34-16-23-26(31-32-13-12-25(33)30-27(23)32)18(2)20-9-11-22(24(28)14-20)19-6-4-3-5-7-19/h3-11,14-15,18H,12-13,16H2,1-2H3,(H,30,33). The molecule has 1 atom stereocenters. The van der Waals surface area contributed by atoms with Crippen molar-refractivity contribution in [3.63, 3.8) is 0 Å². The van der Waals surface area contributed by atoms with E-state index in [1.165, 1.54) is 0 Å². The molecule has 1 aliphatic rings. The summed E-state index contributed by atoms with van der Waals surface area (Å²) in [5.74, 6) is 0.729. The van der Waals surface area contributed by atoms with Gasteiger partial charge in [-0.2, -0.15) is 5.10 Å². The van der Waals surface area contributed by atoms with Gasteiger partial charge in [-0.15, -0.1) is 0 Å². The summed E-state index contributed by atoms with van der Waals surface area (Å²) in [5, 5.41) is 7.72. The van der Waals surface area contributed by atoms with Crippen molar-refractivity contribution in [2.75, 3.05) is 5.32 Å². The molecular formula is C27H25FN4O2. The molecule has 1 unspecified atom stereocenters. The number of pyridine rings is 1. The molecule has 2 aromatic heterocycles. The van der Waals surface area contributed by atoms with Gasteiger partial charge >= 0.3 is 0 Å². The summed E-state index contributed by atoms with van der Waals surface area (Å²) in [6, 6.07) is 18.5. The van der Waals surface area contributed by atoms with Crippen molar-refractivity contribution in [2.45, 2.75) is 39.3 Å². The first-order valence-corrected chi connectivity index (χ1v) is 11.3. The topological polar surface area (TPSA) is 69.0 Å². The molecule has 4 aromatic rings. The lowest BCUT2D eigenvalue weighted by atomic mass is 9.93. The minimum absolute atomic E-state index is 0.0527. The third-order valence-electron chi connectivity index (χ3n) is 6.15. The zero-order chi connectivity index (χ0) is 23.7. The Morgan fingerprint density at radius 1 is 1.15 bits per heavy atom. The minimum Gasteiger partial charge on any atom is -0.487 e. The maximum absolute atomic E-state index is 15.1. The number of anilines is 1. The highest BCUT2D eigenvalue weighted by Gasteiger charge is 2.27. The Bertz CT molecular complexity index is 1330. The summed E-state index contributed by atoms with van der Waals surface area (Å²) in [7, 11) is 0. The number of aromatic nitrogens is 3. The van der Waals surface area contributed by atoms with E-state index in [-0.39, 0.29) is 24.2 Å². The Balaban J connectivity index is 1.48. The molecule has 34 heavy (non-hydrogen) atoms. The molecule has 0 saturated heterocycles. The number of halogens is 1. The summed E-state index contributed by atoms with van der Waals surface area (Å²) in [6.07, 6.45) is 2.04. The predicted molar refractivity (Wildman–Crippen MR) is 128 cm³/mol. The number of rotatable bonds is 6. The van der Waals surface area contributed by atoms with E-state index in [4.69, 9.17) is 9.84 Å². The predicted octanol–water partition coefficient (Wildman–Crippen LogP) is 5.47. The van der Waals surface area contributed by atoms with Gasteiger partial charge in [-0.3, -0.25) is 9.78 Å². The van der Waals surface area contributed by atoms with E-state index < -0.39 is 0 Å². The molecule has 0 radical (unpaired) electrons. The molecule has 7 heteroatoms. The van der Waals surface area contributed by atoms with Crippen molar-refractivity contribution in [3.8, 4) is 16.9 Å². The minimum atomic E-state index is -0.281. The summed E-state index contributed by atoms with van der Waals surface area (Å²) in [6.45, 7) is 4.61. The highest BCUT2D eigenvalue weighted by molar-refractivity contribution is 5.92. The van der Waals surface area contributed by atoms with Crippen LogP contribution in [0.15, 0.2) is 66.9 Å². The third-order valence-corrected chi connectivity index (χ3v) is 6.15. The van der Waals surface area contributed by atoms with Crippen LogP contribution in [-0.4, -0.2) is 20.7 Å². The number of nitrogens with one attached hydrogen (secondary N) is 1. The maximum Gasteiger partial charge on any atom is 0.227 e. The van der Waals surface area contributed by atoms with E-state index in [1.807, 2.05) is 68.4 Å². The van der Waals surface area contributed by atoms with Gasteiger partial charge in [0.15, 0.2) is 0 Å². The van der Waals surface area contributed by atoms with Gasteiger partial charge in [-0.1, -0.05) is 49.4 Å². The largest absolute Gasteiger partial charge is 0.487 e. The molecule has 6 nitrogen and oxygen atoms in total. The number of aryl methyl sites for hydroxylation is 2. The van der Waals surface area contributed by atoms with Crippen LogP contribution in [0, 0.1) is 12.7 Å². The molecule has 3 heterocycles. The fraction of sp³-hybridized carbons (Fsp3) is 0.222. The first-order chi connectivity index (χ1) is 16.5. The fourth-order valence-electron chi connectivity index (χ4n) is 4.22. The second-order valence-electron chi connectivity index (χ2n) is 8.48. The van der Waals surface area contributed by atoms with E-state index in [2.05, 4.69) is 10.3 Å². The van der Waals surface area contributed by atoms with Crippen LogP contribution in [0.5, 0.6) is 5.75 Å². The smallest absolute Gasteiger partial charge is 0.227 e. The molecule has 0 aliphatic carbocycles. The van der Waals surface area contributed by atoms with Crippen LogP contribution in [-0.2, 0) is 17.9 Å². The lowest BCUT2D eigenvalue weighted by molar-refractivity contribution is -0.116. The molecule has 0 fully saturated rings. The number of nitrogens with zero attached hydrogens (tertiary/aromatic N) is 3. The zero-order valence-corrected chi connectivity index (χ0v) is 19.1. The summed E-state index contributed by atoms with van der Waals surface area (Å²) >= 11 is 0. The monoisotopic (exact) mass is 456 g/mol. The Morgan fingerprint density at radius 2 is 1.97 bits per heavy atom. The van der Waals surface area contributed by atoms with Crippen molar-refractivity contribution >= 4 is 11.7 Å². The van der Waals surface area contributed by atoms with Gasteiger partial charge in [0.2, 0.25) is 5.91 Å². The van der Waals surface area contributed by atoms with Gasteiger partial charge in [0.05, 0.1) is 24.0 Å². The molecule has 2 aromatic carbocycles. The first kappa shape index (κ1) is 21.8. The fourth-order valence-corrected chi connectivity index (χ4v) is 4.22. The number of carbonyl (C=O) groups is 1. The average molecular weight is 457 g/mol. The molecule has 172 valence electrons. The second kappa shape index (κ2) is 9.09. The van der Waals surface area contributed by atoms with E-state index in [1.54, 1.807) is 16.9 Å². The third kappa shape index (κ3) is 4.29. The number of hydrogen-bond donors (Lipinski definition) is 1. The number of hydrogen-bond acceptors (Lipinski definition) is 4. The lowest BCUT2D eigenvalue weighted by Crippen LogP contribution is -2.24. The van der Waals surface area contributed by atoms with E-state index in [9.17, 15) is 4.79 Å². The second-order valence-corrected chi connectivity index (χ2v) is 8.48. The molecule has 1 aliphatic heterocycles. The Labute approximate surface area is 197 Å². The van der Waals surface area contributed by atoms with E-state index >= 15 is 4.39 Å². The van der Waals surface area contributed by atoms with Crippen LogP contribution in [0.4, 0.5) is 10.2 Å². The van der Waals surface area contributed by atoms with Crippen molar-refractivity contribution in [2.24, 2.45) is 0 Å². The SMILES string of the molecule is Cc1ccc(OCc2c(C(C)c3ccc(-c4ccccc4)c(F)c3)nn3c2NC(=O)CC3)cn1. The van der Waals surface area contributed by atoms with Crippen LogP contribution in [0.1, 0.15) is 41.8 Å². The van der Waals surface area contributed by atoms with Crippen molar-refractivity contribution < 1.29 is 13.9 Å². The number of ether oxygens (including phenoxy) is 1. The lowest BCUT2D eigenvalue weighted by Gasteiger charge is -2.16. The zero-order valence-electron chi connectivity index (χ0n) is 19.1. The average Bonchev–Trinajstić information content (AvgIpc) is 3.21. The molecule has 1 amide bonds. The Kier molecular flexibility index (Phi) is 5.84. The van der Waals surface area contributed by atoms with Crippen LogP contribution >= 0.6 is 0 Å². The quantitative estimate of drug-likeness (QED) is 0.418. The molecule has 1 N–H and O–H groups in total. The molecular weight excluding hydrogens is 431 g/mol. The Hall–Kier alpha value is -4.00. The van der Waals surface area contributed by atoms with Crippen LogP contribution < -0.4 is 10.1 Å². The maximum atomic E-state index is 15.1. The molecule has 0 spiro atoms. The first-order valence-electron chi connectivity index (χ1n) is 11.3. The van der Waals surface area contributed by atoms with Crippen molar-refractivity contribution in [1.82, 2.24) is 14.8 Å². The van der Waals surface area contributed by atoms with Gasteiger partial charge in [-0.25, -0.2) is 9.07 Å². The van der Waals surface area contributed by atoms with Crippen LogP contribution in [0.3, 0.4) is 0 Å². The highest BCUT2D eigenvalue weighted by atomic mass is 19.1. The summed E-state index contributed by atoms with van der Waals surface area (Å²) in [4.78, 5) is 16.4. The van der Waals surface area contributed by atoms with Crippen molar-refractivity contribution in [1.29, 1.82) is 0 Å². The van der Waals surface area contributed by atoms with Gasteiger partial charge in [0.25, 0.3) is 0 Å². The molecule has 0 saturated carbocycles. The van der Waals surface area contributed by atoms with Crippen molar-refractivity contribution in [3.05, 3.63) is 95.2 Å². The number of fused-ring (bicyclic) bond motifs is 1. The van der Waals surface area contributed by atoms with Crippen LogP contribution in [0.2, 0.25) is 0 Å². The number of amides is 1. The highest BCUT2D eigenvalue weighted by Crippen LogP contribution is 2.35. The summed E-state index contributed by atoms with van der Waals surface area (Å²) < 4.78 is 22.9. The summed E-state index contributed by atoms with van der Waals surface area (Å²) in [5.41, 5.74) is 4.64. The van der Waals surface area contributed by atoms with E-state index in [0.29, 0.717) is 30.1 Å². The van der Waals surface area contributed by atoms with E-state index in [0.717, 1.165) is 28.1 Å². The number of carbonyl (C=O) groups excluding carboxylic acids is 1. The molecule has 5 rings (SSSR count).